The number of benzene rings is 3. The number of nitrogens with one attached hydrogen (secondary N) is 1. The van der Waals surface area contributed by atoms with Crippen molar-refractivity contribution in [2.75, 3.05) is 12.4 Å². The van der Waals surface area contributed by atoms with E-state index in [1.165, 1.54) is 5.56 Å². The topological polar surface area (TPSA) is 38.3 Å². The number of hydrogen-bond donors (Lipinski definition) is 1. The number of ether oxygens (including phenoxy) is 1. The minimum atomic E-state index is -0.125. The zero-order valence-electron chi connectivity index (χ0n) is 17.0. The Kier molecular flexibility index (Phi) is 6.88. The second-order valence-electron chi connectivity index (χ2n) is 7.00. The van der Waals surface area contributed by atoms with Crippen LogP contribution in [0.1, 0.15) is 32.6 Å². The van der Waals surface area contributed by atoms with Gasteiger partial charge in [-0.2, -0.15) is 0 Å². The lowest BCUT2D eigenvalue weighted by atomic mass is 10.0. The van der Waals surface area contributed by atoms with Crippen LogP contribution >= 0.6 is 23.4 Å². The Hall–Kier alpha value is -2.43. The van der Waals surface area contributed by atoms with E-state index in [0.717, 1.165) is 33.0 Å². The molecule has 0 radical (unpaired) electrons. The van der Waals surface area contributed by atoms with Crippen LogP contribution in [0.2, 0.25) is 5.02 Å². The van der Waals surface area contributed by atoms with Gasteiger partial charge >= 0.3 is 0 Å². The molecule has 0 aliphatic heterocycles. The Balaban J connectivity index is 1.80. The molecule has 0 spiro atoms. The predicted molar refractivity (Wildman–Crippen MR) is 123 cm³/mol. The summed E-state index contributed by atoms with van der Waals surface area (Å²) in [7, 11) is 1.64. The van der Waals surface area contributed by atoms with Gasteiger partial charge in [0, 0.05) is 32.5 Å². The summed E-state index contributed by atoms with van der Waals surface area (Å²) in [4.78, 5) is 14.0. The van der Waals surface area contributed by atoms with Gasteiger partial charge in [0.05, 0.1) is 7.11 Å². The van der Waals surface area contributed by atoms with Crippen LogP contribution in [0, 0.1) is 20.8 Å². The zero-order chi connectivity index (χ0) is 21.0. The van der Waals surface area contributed by atoms with Crippen LogP contribution in [0.5, 0.6) is 5.75 Å². The molecule has 0 bridgehead atoms. The first-order valence-electron chi connectivity index (χ1n) is 9.32. The first-order chi connectivity index (χ1) is 13.9. The zero-order valence-corrected chi connectivity index (χ0v) is 18.6. The average Bonchev–Trinajstić information content (AvgIpc) is 2.69. The maximum absolute atomic E-state index is 12.9. The number of amides is 1. The smallest absolute Gasteiger partial charge is 0.255 e. The summed E-state index contributed by atoms with van der Waals surface area (Å²) in [6.45, 7) is 6.08. The summed E-state index contributed by atoms with van der Waals surface area (Å²) in [5.74, 6) is 1.33. The maximum Gasteiger partial charge on any atom is 0.255 e. The average molecular weight is 426 g/mol. The molecule has 0 saturated heterocycles. The Morgan fingerprint density at radius 3 is 2.28 bits per heavy atom. The lowest BCUT2D eigenvalue weighted by Gasteiger charge is -2.14. The van der Waals surface area contributed by atoms with E-state index in [0.29, 0.717) is 16.3 Å². The van der Waals surface area contributed by atoms with E-state index in [2.05, 4.69) is 24.4 Å². The minimum absolute atomic E-state index is 0.125. The summed E-state index contributed by atoms with van der Waals surface area (Å²) >= 11 is 7.63. The molecular formula is C24H24ClNO2S. The number of carbonyl (C=O) groups excluding carboxylic acids is 1. The van der Waals surface area contributed by atoms with Crippen molar-refractivity contribution in [3.05, 3.63) is 87.4 Å². The third-order valence-electron chi connectivity index (χ3n) is 4.67. The first-order valence-corrected chi connectivity index (χ1v) is 10.7. The lowest BCUT2D eigenvalue weighted by molar-refractivity contribution is 0.102. The van der Waals surface area contributed by atoms with Crippen molar-refractivity contribution in [2.45, 2.75) is 31.4 Å². The van der Waals surface area contributed by atoms with E-state index in [1.54, 1.807) is 24.9 Å². The molecule has 0 fully saturated rings. The molecule has 0 unspecified atom stereocenters. The molecule has 150 valence electrons. The number of carbonyl (C=O) groups is 1. The fraction of sp³-hybridized carbons (Fsp3) is 0.208. The van der Waals surface area contributed by atoms with Crippen molar-refractivity contribution < 1.29 is 9.53 Å². The molecule has 29 heavy (non-hydrogen) atoms. The SMILES string of the molecule is COc1ccc(C(=O)Nc2c(C)cc(C)cc2C)cc1CSc1ccc(Cl)cc1. The summed E-state index contributed by atoms with van der Waals surface area (Å²) in [6.07, 6.45) is 0. The van der Waals surface area contributed by atoms with Crippen molar-refractivity contribution in [1.82, 2.24) is 0 Å². The highest BCUT2D eigenvalue weighted by molar-refractivity contribution is 7.98. The van der Waals surface area contributed by atoms with Gasteiger partial charge in [-0.05, 0) is 74.4 Å². The molecule has 0 heterocycles. The monoisotopic (exact) mass is 425 g/mol. The summed E-state index contributed by atoms with van der Waals surface area (Å²) in [5.41, 5.74) is 5.75. The van der Waals surface area contributed by atoms with Crippen LogP contribution < -0.4 is 10.1 Å². The Morgan fingerprint density at radius 2 is 1.66 bits per heavy atom. The van der Waals surface area contributed by atoms with Crippen LogP contribution in [-0.2, 0) is 5.75 Å². The van der Waals surface area contributed by atoms with Gasteiger partial charge in [-0.3, -0.25) is 4.79 Å². The van der Waals surface area contributed by atoms with Crippen LogP contribution in [-0.4, -0.2) is 13.0 Å². The Labute approximate surface area is 181 Å². The van der Waals surface area contributed by atoms with Gasteiger partial charge in [0.15, 0.2) is 0 Å². The minimum Gasteiger partial charge on any atom is -0.496 e. The highest BCUT2D eigenvalue weighted by atomic mass is 35.5. The van der Waals surface area contributed by atoms with E-state index >= 15 is 0 Å². The van der Waals surface area contributed by atoms with Crippen molar-refractivity contribution in [1.29, 1.82) is 0 Å². The van der Waals surface area contributed by atoms with Gasteiger partial charge in [0.1, 0.15) is 5.75 Å². The van der Waals surface area contributed by atoms with Crippen LogP contribution in [0.25, 0.3) is 0 Å². The number of hydrogen-bond acceptors (Lipinski definition) is 3. The van der Waals surface area contributed by atoms with Gasteiger partial charge in [-0.25, -0.2) is 0 Å². The number of aryl methyl sites for hydroxylation is 3. The van der Waals surface area contributed by atoms with E-state index < -0.39 is 0 Å². The van der Waals surface area contributed by atoms with Crippen molar-refractivity contribution in [3.8, 4) is 5.75 Å². The summed E-state index contributed by atoms with van der Waals surface area (Å²) in [5, 5.41) is 3.78. The number of thioether (sulfide) groups is 1. The third-order valence-corrected chi connectivity index (χ3v) is 5.98. The van der Waals surface area contributed by atoms with Gasteiger partial charge in [0.25, 0.3) is 5.91 Å². The quantitative estimate of drug-likeness (QED) is 0.440. The fourth-order valence-corrected chi connectivity index (χ4v) is 4.29. The van der Waals surface area contributed by atoms with Crippen LogP contribution in [0.4, 0.5) is 5.69 Å². The predicted octanol–water partition coefficient (Wildman–Crippen LogP) is 6.82. The van der Waals surface area contributed by atoms with Crippen LogP contribution in [0.3, 0.4) is 0 Å². The van der Waals surface area contributed by atoms with Gasteiger partial charge < -0.3 is 10.1 Å². The summed E-state index contributed by atoms with van der Waals surface area (Å²) < 4.78 is 5.49. The van der Waals surface area contributed by atoms with Crippen molar-refractivity contribution in [2.24, 2.45) is 0 Å². The van der Waals surface area contributed by atoms with E-state index in [1.807, 2.05) is 50.2 Å². The highest BCUT2D eigenvalue weighted by Gasteiger charge is 2.13. The Morgan fingerprint density at radius 1 is 1.00 bits per heavy atom. The molecule has 0 aliphatic carbocycles. The molecule has 3 rings (SSSR count). The normalized spacial score (nSPS) is 10.7. The van der Waals surface area contributed by atoms with Crippen molar-refractivity contribution in [3.63, 3.8) is 0 Å². The second-order valence-corrected chi connectivity index (χ2v) is 8.48. The molecule has 3 aromatic carbocycles. The number of halogens is 1. The molecule has 3 nitrogen and oxygen atoms in total. The maximum atomic E-state index is 12.9. The molecule has 5 heteroatoms. The van der Waals surface area contributed by atoms with Gasteiger partial charge in [-0.15, -0.1) is 11.8 Å². The van der Waals surface area contributed by atoms with Gasteiger partial charge in [0.2, 0.25) is 0 Å². The largest absolute Gasteiger partial charge is 0.496 e. The third kappa shape index (κ3) is 5.34. The molecule has 0 aliphatic rings. The summed E-state index contributed by atoms with van der Waals surface area (Å²) in [6, 6.07) is 17.4. The molecule has 0 aromatic heterocycles. The van der Waals surface area contributed by atoms with E-state index in [4.69, 9.17) is 16.3 Å². The Bertz CT molecular complexity index is 1010. The number of methoxy groups -OCH3 is 1. The van der Waals surface area contributed by atoms with Crippen LogP contribution in [0.15, 0.2) is 59.5 Å². The van der Waals surface area contributed by atoms with E-state index in [-0.39, 0.29) is 5.91 Å². The van der Waals surface area contributed by atoms with Crippen molar-refractivity contribution >= 4 is 35.0 Å². The standard InChI is InChI=1S/C24H24ClNO2S/c1-15-11-16(2)23(17(3)12-15)26-24(27)18-5-10-22(28-4)19(13-18)14-29-21-8-6-20(25)7-9-21/h5-13H,14H2,1-4H3,(H,26,27). The number of anilines is 1. The molecule has 0 saturated carbocycles. The molecular weight excluding hydrogens is 402 g/mol. The van der Waals surface area contributed by atoms with E-state index in [9.17, 15) is 4.79 Å². The molecule has 1 N–H and O–H groups in total. The molecule has 1 amide bonds. The lowest BCUT2D eigenvalue weighted by Crippen LogP contribution is -2.14. The van der Waals surface area contributed by atoms with Gasteiger partial charge in [-0.1, -0.05) is 29.3 Å². The molecule has 0 atom stereocenters. The number of rotatable bonds is 6. The second kappa shape index (κ2) is 9.38. The molecule has 3 aromatic rings. The highest BCUT2D eigenvalue weighted by Crippen LogP contribution is 2.30. The first kappa shape index (κ1) is 21.3. The fourth-order valence-electron chi connectivity index (χ4n) is 3.29.